The highest BCUT2D eigenvalue weighted by atomic mass is 16.1. The van der Waals surface area contributed by atoms with Crippen LogP contribution in [0.25, 0.3) is 0 Å². The fraction of sp³-hybridized carbons (Fsp3) is 0.500. The van der Waals surface area contributed by atoms with Gasteiger partial charge in [-0.25, -0.2) is 0 Å². The summed E-state index contributed by atoms with van der Waals surface area (Å²) in [6.45, 7) is 1.06. The van der Waals surface area contributed by atoms with E-state index in [0.717, 1.165) is 31.2 Å². The maximum absolute atomic E-state index is 11.0. The van der Waals surface area contributed by atoms with Crippen LogP contribution in [0.5, 0.6) is 0 Å². The SMILES string of the molecule is CN1CCC[C@H](C=O)[C@H]1c1cccnc1. The molecule has 2 heterocycles. The largest absolute Gasteiger partial charge is 0.303 e. The molecule has 0 amide bonds. The summed E-state index contributed by atoms with van der Waals surface area (Å²) in [5.41, 5.74) is 1.15. The molecule has 0 unspecified atom stereocenters. The van der Waals surface area contributed by atoms with Crippen LogP contribution in [0.3, 0.4) is 0 Å². The first kappa shape index (κ1) is 10.3. The molecule has 0 radical (unpaired) electrons. The van der Waals surface area contributed by atoms with Crippen LogP contribution in [-0.4, -0.2) is 29.8 Å². The second-order valence-electron chi connectivity index (χ2n) is 4.15. The van der Waals surface area contributed by atoms with E-state index in [-0.39, 0.29) is 12.0 Å². The van der Waals surface area contributed by atoms with Gasteiger partial charge in [0.1, 0.15) is 6.29 Å². The summed E-state index contributed by atoms with van der Waals surface area (Å²) in [5, 5.41) is 0. The van der Waals surface area contributed by atoms with Gasteiger partial charge < -0.3 is 4.79 Å². The third kappa shape index (κ3) is 2.07. The lowest BCUT2D eigenvalue weighted by Gasteiger charge is -2.36. The lowest BCUT2D eigenvalue weighted by molar-refractivity contribution is -0.114. The molecule has 1 aliphatic heterocycles. The first-order valence-electron chi connectivity index (χ1n) is 5.38. The molecule has 1 aromatic heterocycles. The summed E-state index contributed by atoms with van der Waals surface area (Å²) >= 11 is 0. The van der Waals surface area contributed by atoms with Gasteiger partial charge in [0.2, 0.25) is 0 Å². The van der Waals surface area contributed by atoms with E-state index in [1.54, 1.807) is 6.20 Å². The normalized spacial score (nSPS) is 27.5. The summed E-state index contributed by atoms with van der Waals surface area (Å²) in [4.78, 5) is 17.4. The maximum atomic E-state index is 11.0. The van der Waals surface area contributed by atoms with Crippen molar-refractivity contribution in [3.63, 3.8) is 0 Å². The zero-order valence-electron chi connectivity index (χ0n) is 8.97. The molecule has 0 aromatic carbocycles. The molecule has 3 heteroatoms. The van der Waals surface area contributed by atoms with Gasteiger partial charge in [-0.05, 0) is 38.1 Å². The molecule has 3 nitrogen and oxygen atoms in total. The van der Waals surface area contributed by atoms with Crippen molar-refractivity contribution in [2.24, 2.45) is 5.92 Å². The van der Waals surface area contributed by atoms with Gasteiger partial charge in [-0.3, -0.25) is 9.88 Å². The first-order valence-corrected chi connectivity index (χ1v) is 5.38. The summed E-state index contributed by atoms with van der Waals surface area (Å²) in [7, 11) is 2.08. The van der Waals surface area contributed by atoms with Crippen LogP contribution in [0.15, 0.2) is 24.5 Å². The molecule has 1 aliphatic rings. The van der Waals surface area contributed by atoms with E-state index in [1.165, 1.54) is 0 Å². The maximum Gasteiger partial charge on any atom is 0.124 e. The zero-order chi connectivity index (χ0) is 10.7. The van der Waals surface area contributed by atoms with Crippen molar-refractivity contribution < 1.29 is 4.79 Å². The molecule has 1 aromatic rings. The number of aromatic nitrogens is 1. The molecule has 15 heavy (non-hydrogen) atoms. The Bertz CT molecular complexity index is 326. The Labute approximate surface area is 90.1 Å². The molecule has 80 valence electrons. The van der Waals surface area contributed by atoms with Crippen LogP contribution in [0.4, 0.5) is 0 Å². The zero-order valence-corrected chi connectivity index (χ0v) is 8.97. The summed E-state index contributed by atoms with van der Waals surface area (Å²) in [6, 6.07) is 4.19. The van der Waals surface area contributed by atoms with Gasteiger partial charge >= 0.3 is 0 Å². The number of hydrogen-bond acceptors (Lipinski definition) is 3. The predicted molar refractivity (Wildman–Crippen MR) is 58.4 cm³/mol. The third-order valence-corrected chi connectivity index (χ3v) is 3.13. The van der Waals surface area contributed by atoms with Crippen LogP contribution >= 0.6 is 0 Å². The molecule has 1 saturated heterocycles. The number of carbonyl (C=O) groups is 1. The number of nitrogens with zero attached hydrogens (tertiary/aromatic N) is 2. The Morgan fingerprint density at radius 2 is 2.47 bits per heavy atom. The number of piperidine rings is 1. The fourth-order valence-electron chi connectivity index (χ4n) is 2.40. The number of pyridine rings is 1. The quantitative estimate of drug-likeness (QED) is 0.687. The van der Waals surface area contributed by atoms with E-state index in [2.05, 4.69) is 23.0 Å². The second kappa shape index (κ2) is 4.53. The van der Waals surface area contributed by atoms with Gasteiger partial charge in [-0.1, -0.05) is 6.07 Å². The van der Waals surface area contributed by atoms with Crippen molar-refractivity contribution in [1.29, 1.82) is 0 Å². The molecule has 0 spiro atoms. The number of hydrogen-bond donors (Lipinski definition) is 0. The smallest absolute Gasteiger partial charge is 0.124 e. The Kier molecular flexibility index (Phi) is 3.11. The molecule has 0 aliphatic carbocycles. The van der Waals surface area contributed by atoms with E-state index < -0.39 is 0 Å². The van der Waals surface area contributed by atoms with Crippen molar-refractivity contribution in [2.45, 2.75) is 18.9 Å². The molecule has 2 atom stereocenters. The highest BCUT2D eigenvalue weighted by Crippen LogP contribution is 2.33. The first-order chi connectivity index (χ1) is 7.33. The molecular formula is C12H16N2O. The molecule has 0 bridgehead atoms. The third-order valence-electron chi connectivity index (χ3n) is 3.13. The van der Waals surface area contributed by atoms with Crippen LogP contribution in [0.1, 0.15) is 24.4 Å². The van der Waals surface area contributed by atoms with Gasteiger partial charge in [0.25, 0.3) is 0 Å². The second-order valence-corrected chi connectivity index (χ2v) is 4.15. The summed E-state index contributed by atoms with van der Waals surface area (Å²) < 4.78 is 0. The van der Waals surface area contributed by atoms with Crippen LogP contribution < -0.4 is 0 Å². The summed E-state index contributed by atoms with van der Waals surface area (Å²) in [6.07, 6.45) is 6.82. The molecule has 0 saturated carbocycles. The van der Waals surface area contributed by atoms with Gasteiger partial charge in [0.15, 0.2) is 0 Å². The number of rotatable bonds is 2. The standard InChI is InChI=1S/C12H16N2O/c1-14-7-3-5-11(9-15)12(14)10-4-2-6-13-8-10/h2,4,6,8-9,11-12H,3,5,7H2,1H3/t11-,12-/m1/s1. The topological polar surface area (TPSA) is 33.2 Å². The minimum absolute atomic E-state index is 0.118. The molecular weight excluding hydrogens is 188 g/mol. The number of likely N-dealkylation sites (tertiary alicyclic amines) is 1. The van der Waals surface area contributed by atoms with Crippen molar-refractivity contribution in [3.8, 4) is 0 Å². The average molecular weight is 204 g/mol. The van der Waals surface area contributed by atoms with Crippen molar-refractivity contribution in [1.82, 2.24) is 9.88 Å². The Morgan fingerprint density at radius 1 is 1.60 bits per heavy atom. The van der Waals surface area contributed by atoms with Crippen LogP contribution in [-0.2, 0) is 4.79 Å². The summed E-state index contributed by atoms with van der Waals surface area (Å²) in [5.74, 6) is 0.118. The average Bonchev–Trinajstić information content (AvgIpc) is 2.29. The fourth-order valence-corrected chi connectivity index (χ4v) is 2.40. The van der Waals surface area contributed by atoms with Crippen molar-refractivity contribution in [3.05, 3.63) is 30.1 Å². The monoisotopic (exact) mass is 204 g/mol. The highest BCUT2D eigenvalue weighted by molar-refractivity contribution is 5.56. The van der Waals surface area contributed by atoms with E-state index in [4.69, 9.17) is 0 Å². The Morgan fingerprint density at radius 3 is 3.13 bits per heavy atom. The lowest BCUT2D eigenvalue weighted by Crippen LogP contribution is -2.36. The van der Waals surface area contributed by atoms with E-state index in [9.17, 15) is 4.79 Å². The molecule has 1 fully saturated rings. The van der Waals surface area contributed by atoms with Crippen molar-refractivity contribution in [2.75, 3.05) is 13.6 Å². The Hall–Kier alpha value is -1.22. The van der Waals surface area contributed by atoms with E-state index >= 15 is 0 Å². The molecule has 0 N–H and O–H groups in total. The minimum Gasteiger partial charge on any atom is -0.303 e. The highest BCUT2D eigenvalue weighted by Gasteiger charge is 2.30. The van der Waals surface area contributed by atoms with Gasteiger partial charge in [-0.2, -0.15) is 0 Å². The van der Waals surface area contributed by atoms with Crippen LogP contribution in [0, 0.1) is 5.92 Å². The van der Waals surface area contributed by atoms with Crippen LogP contribution in [0.2, 0.25) is 0 Å². The minimum atomic E-state index is 0.118. The predicted octanol–water partition coefficient (Wildman–Crippen LogP) is 1.66. The molecule has 2 rings (SSSR count). The number of aldehydes is 1. The van der Waals surface area contributed by atoms with Gasteiger partial charge in [0.05, 0.1) is 0 Å². The van der Waals surface area contributed by atoms with Gasteiger partial charge in [-0.15, -0.1) is 0 Å². The lowest BCUT2D eigenvalue weighted by atomic mass is 9.87. The van der Waals surface area contributed by atoms with Gasteiger partial charge in [0, 0.05) is 24.4 Å². The number of carbonyl (C=O) groups excluding carboxylic acids is 1. The van der Waals surface area contributed by atoms with Crippen molar-refractivity contribution >= 4 is 6.29 Å². The van der Waals surface area contributed by atoms with E-state index in [0.29, 0.717) is 0 Å². The Balaban J connectivity index is 2.27. The van der Waals surface area contributed by atoms with E-state index in [1.807, 2.05) is 12.3 Å².